The van der Waals surface area contributed by atoms with Gasteiger partial charge < -0.3 is 10.0 Å². The van der Waals surface area contributed by atoms with Gasteiger partial charge in [0.1, 0.15) is 5.75 Å². The molecule has 24 heavy (non-hydrogen) atoms. The number of hydrogen-bond donors (Lipinski definition) is 1. The molecule has 0 bridgehead atoms. The van der Waals surface area contributed by atoms with E-state index in [1.54, 1.807) is 35.6 Å². The van der Waals surface area contributed by atoms with E-state index >= 15 is 0 Å². The van der Waals surface area contributed by atoms with Gasteiger partial charge in [-0.3, -0.25) is 4.79 Å². The lowest BCUT2D eigenvalue weighted by atomic mass is 9.97. The predicted octanol–water partition coefficient (Wildman–Crippen LogP) is 4.02. The van der Waals surface area contributed by atoms with Gasteiger partial charge in [-0.25, -0.2) is 4.98 Å². The summed E-state index contributed by atoms with van der Waals surface area (Å²) in [5.74, 6) is 0.377. The quantitative estimate of drug-likeness (QED) is 0.768. The van der Waals surface area contributed by atoms with Gasteiger partial charge in [0.2, 0.25) is 0 Å². The number of phenolic OH excluding ortho intramolecular Hbond substituents is 1. The second kappa shape index (κ2) is 6.24. The summed E-state index contributed by atoms with van der Waals surface area (Å²) in [6.07, 6.45) is 1.83. The normalized spacial score (nSPS) is 15.8. The number of carbonyl (C=O) groups is 1. The lowest BCUT2D eigenvalue weighted by Gasteiger charge is -2.31. The molecule has 1 aliphatic heterocycles. The molecule has 4 rings (SSSR count). The first-order chi connectivity index (χ1) is 11.7. The first kappa shape index (κ1) is 15.1. The van der Waals surface area contributed by atoms with Crippen molar-refractivity contribution in [2.75, 3.05) is 13.1 Å². The Morgan fingerprint density at radius 3 is 2.54 bits per heavy atom. The lowest BCUT2D eigenvalue weighted by Crippen LogP contribution is -2.37. The van der Waals surface area contributed by atoms with Crippen LogP contribution < -0.4 is 0 Å². The van der Waals surface area contributed by atoms with Crippen molar-refractivity contribution >= 4 is 27.5 Å². The maximum atomic E-state index is 12.6. The van der Waals surface area contributed by atoms with Crippen molar-refractivity contribution in [1.29, 1.82) is 0 Å². The number of thiazole rings is 1. The molecule has 1 saturated heterocycles. The Morgan fingerprint density at radius 2 is 1.79 bits per heavy atom. The first-order valence-electron chi connectivity index (χ1n) is 8.15. The first-order valence-corrected chi connectivity index (χ1v) is 8.97. The zero-order valence-electron chi connectivity index (χ0n) is 13.2. The monoisotopic (exact) mass is 338 g/mol. The Bertz CT molecular complexity index is 849. The molecule has 5 heteroatoms. The van der Waals surface area contributed by atoms with E-state index in [2.05, 4.69) is 6.07 Å². The molecule has 0 unspecified atom stereocenters. The zero-order valence-corrected chi connectivity index (χ0v) is 14.0. The molecule has 0 spiro atoms. The second-order valence-corrected chi connectivity index (χ2v) is 7.17. The van der Waals surface area contributed by atoms with Crippen molar-refractivity contribution < 1.29 is 9.90 Å². The lowest BCUT2D eigenvalue weighted by molar-refractivity contribution is 0.0710. The molecule has 0 atom stereocenters. The summed E-state index contributed by atoms with van der Waals surface area (Å²) in [5.41, 5.74) is 1.45. The molecule has 1 fully saturated rings. The predicted molar refractivity (Wildman–Crippen MR) is 95.6 cm³/mol. The van der Waals surface area contributed by atoms with Crippen molar-refractivity contribution in [3.05, 3.63) is 59.1 Å². The van der Waals surface area contributed by atoms with E-state index < -0.39 is 0 Å². The largest absolute Gasteiger partial charge is 0.507 e. The number of para-hydroxylation sites is 2. The molecular weight excluding hydrogens is 320 g/mol. The van der Waals surface area contributed by atoms with E-state index in [9.17, 15) is 9.90 Å². The molecule has 0 radical (unpaired) electrons. The number of nitrogens with zero attached hydrogens (tertiary/aromatic N) is 2. The summed E-state index contributed by atoms with van der Waals surface area (Å²) in [7, 11) is 0. The van der Waals surface area contributed by atoms with Crippen LogP contribution in [-0.2, 0) is 0 Å². The number of aromatic hydroxyl groups is 1. The summed E-state index contributed by atoms with van der Waals surface area (Å²) < 4.78 is 1.22. The van der Waals surface area contributed by atoms with Crippen molar-refractivity contribution in [2.45, 2.75) is 18.8 Å². The maximum absolute atomic E-state index is 12.6. The fourth-order valence-electron chi connectivity index (χ4n) is 3.22. The average Bonchev–Trinajstić information content (AvgIpc) is 3.06. The molecule has 1 amide bonds. The topological polar surface area (TPSA) is 53.4 Å². The fourth-order valence-corrected chi connectivity index (χ4v) is 4.36. The van der Waals surface area contributed by atoms with E-state index in [1.165, 1.54) is 9.71 Å². The van der Waals surface area contributed by atoms with Crippen LogP contribution >= 0.6 is 11.3 Å². The highest BCUT2D eigenvalue weighted by Crippen LogP contribution is 2.34. The minimum Gasteiger partial charge on any atom is -0.507 e. The van der Waals surface area contributed by atoms with Gasteiger partial charge in [-0.05, 0) is 37.1 Å². The Labute approximate surface area is 144 Å². The molecule has 3 aromatic rings. The van der Waals surface area contributed by atoms with Crippen LogP contribution in [0.2, 0.25) is 0 Å². The van der Waals surface area contributed by atoms with Crippen LogP contribution in [0.25, 0.3) is 10.2 Å². The SMILES string of the molecule is O=C(c1ccccc1O)N1CCC(c2nc3ccccc3s2)CC1. The number of carbonyl (C=O) groups excluding carboxylic acids is 1. The number of piperidine rings is 1. The number of hydrogen-bond acceptors (Lipinski definition) is 4. The molecule has 122 valence electrons. The molecule has 0 aliphatic carbocycles. The molecule has 1 N–H and O–H groups in total. The molecule has 4 nitrogen and oxygen atoms in total. The minimum atomic E-state index is -0.0872. The molecule has 0 saturated carbocycles. The van der Waals surface area contributed by atoms with Gasteiger partial charge in [0, 0.05) is 19.0 Å². The Balaban J connectivity index is 1.47. The summed E-state index contributed by atoms with van der Waals surface area (Å²) in [4.78, 5) is 19.1. The van der Waals surface area contributed by atoms with E-state index in [4.69, 9.17) is 4.98 Å². The van der Waals surface area contributed by atoms with Gasteiger partial charge in [0.05, 0.1) is 20.8 Å². The van der Waals surface area contributed by atoms with Crippen molar-refractivity contribution in [3.63, 3.8) is 0 Å². The van der Waals surface area contributed by atoms with Gasteiger partial charge in [0.25, 0.3) is 5.91 Å². The molecule has 2 aromatic carbocycles. The average molecular weight is 338 g/mol. The highest BCUT2D eigenvalue weighted by Gasteiger charge is 2.27. The smallest absolute Gasteiger partial charge is 0.257 e. The second-order valence-electron chi connectivity index (χ2n) is 6.10. The van der Waals surface area contributed by atoms with Crippen molar-refractivity contribution in [3.8, 4) is 5.75 Å². The highest BCUT2D eigenvalue weighted by molar-refractivity contribution is 7.18. The van der Waals surface area contributed by atoms with Crippen molar-refractivity contribution in [1.82, 2.24) is 9.88 Å². The highest BCUT2D eigenvalue weighted by atomic mass is 32.1. The number of phenols is 1. The van der Waals surface area contributed by atoms with Crippen LogP contribution in [0.1, 0.15) is 34.1 Å². The summed E-state index contributed by atoms with van der Waals surface area (Å²) >= 11 is 1.76. The van der Waals surface area contributed by atoms with Crippen LogP contribution in [0.5, 0.6) is 5.75 Å². The third-order valence-electron chi connectivity index (χ3n) is 4.58. The number of benzene rings is 2. The van der Waals surface area contributed by atoms with E-state index in [0.29, 0.717) is 24.6 Å². The third kappa shape index (κ3) is 2.76. The molecular formula is C19H18N2O2S. The number of likely N-dealkylation sites (tertiary alicyclic amines) is 1. The Morgan fingerprint density at radius 1 is 1.08 bits per heavy atom. The molecule has 2 heterocycles. The van der Waals surface area contributed by atoms with Gasteiger partial charge >= 0.3 is 0 Å². The Kier molecular flexibility index (Phi) is 3.94. The Hall–Kier alpha value is -2.40. The van der Waals surface area contributed by atoms with E-state index in [0.717, 1.165) is 18.4 Å². The van der Waals surface area contributed by atoms with Crippen LogP contribution in [0.4, 0.5) is 0 Å². The summed E-state index contributed by atoms with van der Waals surface area (Å²) in [5, 5.41) is 11.0. The van der Waals surface area contributed by atoms with Crippen LogP contribution in [-0.4, -0.2) is 34.0 Å². The summed E-state index contributed by atoms with van der Waals surface area (Å²) in [6, 6.07) is 14.9. The standard InChI is InChI=1S/C19H18N2O2S/c22-16-7-3-1-5-14(16)19(23)21-11-9-13(10-12-21)18-20-15-6-2-4-8-17(15)24-18/h1-8,13,22H,9-12H2. The van der Waals surface area contributed by atoms with Gasteiger partial charge in [-0.15, -0.1) is 11.3 Å². The minimum absolute atomic E-state index is 0.0517. The van der Waals surface area contributed by atoms with Crippen molar-refractivity contribution in [2.24, 2.45) is 0 Å². The van der Waals surface area contributed by atoms with Gasteiger partial charge in [0.15, 0.2) is 0 Å². The molecule has 1 aliphatic rings. The number of rotatable bonds is 2. The maximum Gasteiger partial charge on any atom is 0.257 e. The van der Waals surface area contributed by atoms with E-state index in [1.807, 2.05) is 23.1 Å². The van der Waals surface area contributed by atoms with E-state index in [-0.39, 0.29) is 11.7 Å². The fraction of sp³-hybridized carbons (Fsp3) is 0.263. The van der Waals surface area contributed by atoms with Gasteiger partial charge in [-0.2, -0.15) is 0 Å². The van der Waals surface area contributed by atoms with Gasteiger partial charge in [-0.1, -0.05) is 24.3 Å². The third-order valence-corrected chi connectivity index (χ3v) is 5.78. The number of amides is 1. The van der Waals surface area contributed by atoms with Crippen LogP contribution in [0.3, 0.4) is 0 Å². The molecule has 1 aromatic heterocycles. The van der Waals surface area contributed by atoms with Crippen LogP contribution in [0, 0.1) is 0 Å². The van der Waals surface area contributed by atoms with Crippen LogP contribution in [0.15, 0.2) is 48.5 Å². The zero-order chi connectivity index (χ0) is 16.5. The summed E-state index contributed by atoms with van der Waals surface area (Å²) in [6.45, 7) is 1.40. The number of aromatic nitrogens is 1. The number of fused-ring (bicyclic) bond motifs is 1.